The van der Waals surface area contributed by atoms with Crippen LogP contribution in [0.15, 0.2) is 12.2 Å². The first-order valence-electron chi connectivity index (χ1n) is 4.77. The fourth-order valence-electron chi connectivity index (χ4n) is 0.647. The highest BCUT2D eigenvalue weighted by molar-refractivity contribution is 4.80. The molecule has 0 amide bonds. The lowest BCUT2D eigenvalue weighted by molar-refractivity contribution is 0.726. The van der Waals surface area contributed by atoms with E-state index in [2.05, 4.69) is 31.3 Å². The van der Waals surface area contributed by atoms with Gasteiger partial charge < -0.3 is 5.32 Å². The van der Waals surface area contributed by atoms with Crippen LogP contribution in [0.4, 0.5) is 0 Å². The Morgan fingerprint density at radius 1 is 1.09 bits per heavy atom. The van der Waals surface area contributed by atoms with E-state index < -0.39 is 0 Å². The Balaban J connectivity index is 0. The summed E-state index contributed by atoms with van der Waals surface area (Å²) < 4.78 is 0. The summed E-state index contributed by atoms with van der Waals surface area (Å²) in [5.74, 6) is 0. The van der Waals surface area contributed by atoms with Crippen LogP contribution in [0.5, 0.6) is 0 Å². The zero-order valence-electron chi connectivity index (χ0n) is 8.48. The molecule has 0 radical (unpaired) electrons. The maximum Gasteiger partial charge on any atom is -0.00144 e. The maximum absolute atomic E-state index is 3.26. The number of nitrogens with one attached hydrogen (secondary N) is 1. The molecular formula is C10H23N. The molecule has 1 heteroatoms. The summed E-state index contributed by atoms with van der Waals surface area (Å²) in [4.78, 5) is 0. The Bertz CT molecular complexity index is 67.3. The van der Waals surface area contributed by atoms with E-state index in [9.17, 15) is 0 Å². The van der Waals surface area contributed by atoms with Gasteiger partial charge >= 0.3 is 0 Å². The molecule has 0 aromatic carbocycles. The molecule has 0 aliphatic heterocycles. The maximum atomic E-state index is 3.26. The molecule has 0 fully saturated rings. The number of hydrogen-bond donors (Lipinski definition) is 1. The smallest absolute Gasteiger partial charge is 0.00144 e. The highest BCUT2D eigenvalue weighted by atomic mass is 14.8. The SMILES string of the molecule is CC.CC/C=C\CCNCC. The van der Waals surface area contributed by atoms with Crippen LogP contribution in [0.1, 0.15) is 40.5 Å². The second kappa shape index (κ2) is 16.4. The van der Waals surface area contributed by atoms with Crippen molar-refractivity contribution in [1.29, 1.82) is 0 Å². The molecule has 68 valence electrons. The van der Waals surface area contributed by atoms with Gasteiger partial charge in [0.1, 0.15) is 0 Å². The van der Waals surface area contributed by atoms with Gasteiger partial charge in [0.25, 0.3) is 0 Å². The average molecular weight is 157 g/mol. The van der Waals surface area contributed by atoms with Gasteiger partial charge in [0.15, 0.2) is 0 Å². The molecular weight excluding hydrogens is 134 g/mol. The molecule has 1 N–H and O–H groups in total. The van der Waals surface area contributed by atoms with Crippen molar-refractivity contribution < 1.29 is 0 Å². The van der Waals surface area contributed by atoms with Crippen LogP contribution in [0.3, 0.4) is 0 Å². The minimum Gasteiger partial charge on any atom is -0.317 e. The lowest BCUT2D eigenvalue weighted by Crippen LogP contribution is -2.12. The minimum absolute atomic E-state index is 1.08. The summed E-state index contributed by atoms with van der Waals surface area (Å²) in [5.41, 5.74) is 0. The van der Waals surface area contributed by atoms with E-state index in [1.54, 1.807) is 0 Å². The Morgan fingerprint density at radius 3 is 2.18 bits per heavy atom. The zero-order valence-corrected chi connectivity index (χ0v) is 8.48. The van der Waals surface area contributed by atoms with Gasteiger partial charge in [-0.15, -0.1) is 0 Å². The van der Waals surface area contributed by atoms with Crippen molar-refractivity contribution in [3.05, 3.63) is 12.2 Å². The number of hydrogen-bond acceptors (Lipinski definition) is 1. The molecule has 0 aromatic heterocycles. The predicted molar refractivity (Wildman–Crippen MR) is 53.9 cm³/mol. The molecule has 11 heavy (non-hydrogen) atoms. The van der Waals surface area contributed by atoms with Crippen molar-refractivity contribution >= 4 is 0 Å². The second-order valence-corrected chi connectivity index (χ2v) is 2.02. The molecule has 0 heterocycles. The number of allylic oxidation sites excluding steroid dienone is 1. The first kappa shape index (κ1) is 13.3. The van der Waals surface area contributed by atoms with E-state index in [1.165, 1.54) is 6.42 Å². The predicted octanol–water partition coefficient (Wildman–Crippen LogP) is 2.98. The Kier molecular flexibility index (Phi) is 19.8. The summed E-state index contributed by atoms with van der Waals surface area (Å²) in [7, 11) is 0. The molecule has 0 saturated carbocycles. The minimum atomic E-state index is 1.08. The van der Waals surface area contributed by atoms with Crippen LogP contribution >= 0.6 is 0 Å². The highest BCUT2D eigenvalue weighted by Gasteiger charge is 1.76. The average Bonchev–Trinajstić information content (AvgIpc) is 2.08. The largest absolute Gasteiger partial charge is 0.317 e. The first-order valence-corrected chi connectivity index (χ1v) is 4.77. The number of rotatable bonds is 5. The van der Waals surface area contributed by atoms with Crippen molar-refractivity contribution in [2.45, 2.75) is 40.5 Å². The van der Waals surface area contributed by atoms with Gasteiger partial charge in [-0.05, 0) is 25.9 Å². The normalized spacial score (nSPS) is 9.45. The van der Waals surface area contributed by atoms with Gasteiger partial charge in [0.2, 0.25) is 0 Å². The van der Waals surface area contributed by atoms with Gasteiger partial charge in [-0.1, -0.05) is 39.8 Å². The Labute approximate surface area is 71.9 Å². The quantitative estimate of drug-likeness (QED) is 0.478. The van der Waals surface area contributed by atoms with Crippen molar-refractivity contribution in [2.75, 3.05) is 13.1 Å². The van der Waals surface area contributed by atoms with Crippen LogP contribution in [-0.4, -0.2) is 13.1 Å². The van der Waals surface area contributed by atoms with E-state index in [0.29, 0.717) is 0 Å². The van der Waals surface area contributed by atoms with Crippen molar-refractivity contribution in [3.63, 3.8) is 0 Å². The fraction of sp³-hybridized carbons (Fsp3) is 0.800. The third kappa shape index (κ3) is 17.7. The van der Waals surface area contributed by atoms with Crippen molar-refractivity contribution in [3.8, 4) is 0 Å². The Hall–Kier alpha value is -0.300. The molecule has 0 aliphatic carbocycles. The molecule has 1 nitrogen and oxygen atoms in total. The molecule has 0 atom stereocenters. The first-order chi connectivity index (χ1) is 5.41. The molecule has 0 spiro atoms. The van der Waals surface area contributed by atoms with Gasteiger partial charge in [0, 0.05) is 0 Å². The second-order valence-electron chi connectivity index (χ2n) is 2.02. The standard InChI is InChI=1S/C8H17N.C2H6/c1-3-5-6-7-8-9-4-2;1-2/h5-6,9H,3-4,7-8H2,1-2H3;1-2H3/b6-5-;. The van der Waals surface area contributed by atoms with E-state index in [1.807, 2.05) is 13.8 Å². The fourth-order valence-corrected chi connectivity index (χ4v) is 0.647. The molecule has 0 rings (SSSR count). The van der Waals surface area contributed by atoms with Crippen LogP contribution < -0.4 is 5.32 Å². The van der Waals surface area contributed by atoms with Gasteiger partial charge in [-0.2, -0.15) is 0 Å². The van der Waals surface area contributed by atoms with E-state index in [4.69, 9.17) is 0 Å². The highest BCUT2D eigenvalue weighted by Crippen LogP contribution is 1.83. The van der Waals surface area contributed by atoms with Gasteiger partial charge in [0.05, 0.1) is 0 Å². The summed E-state index contributed by atoms with van der Waals surface area (Å²) in [6, 6.07) is 0. The lowest BCUT2D eigenvalue weighted by atomic mass is 10.3. The Morgan fingerprint density at radius 2 is 1.73 bits per heavy atom. The van der Waals surface area contributed by atoms with E-state index >= 15 is 0 Å². The lowest BCUT2D eigenvalue weighted by Gasteiger charge is -1.94. The van der Waals surface area contributed by atoms with Crippen molar-refractivity contribution in [1.82, 2.24) is 5.32 Å². The summed E-state index contributed by atoms with van der Waals surface area (Å²) >= 11 is 0. The monoisotopic (exact) mass is 157 g/mol. The van der Waals surface area contributed by atoms with Crippen molar-refractivity contribution in [2.24, 2.45) is 0 Å². The molecule has 0 saturated heterocycles. The summed E-state index contributed by atoms with van der Waals surface area (Å²) in [6.07, 6.45) is 6.76. The summed E-state index contributed by atoms with van der Waals surface area (Å²) in [6.45, 7) is 10.5. The van der Waals surface area contributed by atoms with Crippen LogP contribution in [0.25, 0.3) is 0 Å². The molecule has 0 bridgehead atoms. The van der Waals surface area contributed by atoms with Crippen LogP contribution in [0, 0.1) is 0 Å². The topological polar surface area (TPSA) is 12.0 Å². The van der Waals surface area contributed by atoms with Gasteiger partial charge in [-0.3, -0.25) is 0 Å². The van der Waals surface area contributed by atoms with E-state index in [0.717, 1.165) is 19.5 Å². The third-order valence-electron chi connectivity index (χ3n) is 1.14. The van der Waals surface area contributed by atoms with E-state index in [-0.39, 0.29) is 0 Å². The van der Waals surface area contributed by atoms with Gasteiger partial charge in [-0.25, -0.2) is 0 Å². The van der Waals surface area contributed by atoms with Crippen LogP contribution in [-0.2, 0) is 0 Å². The molecule has 0 aromatic rings. The molecule has 0 unspecified atom stereocenters. The third-order valence-corrected chi connectivity index (χ3v) is 1.14. The zero-order chi connectivity index (χ0) is 8.95. The summed E-state index contributed by atoms with van der Waals surface area (Å²) in [5, 5.41) is 3.26. The molecule has 0 aliphatic rings. The van der Waals surface area contributed by atoms with Crippen LogP contribution in [0.2, 0.25) is 0 Å².